The van der Waals surface area contributed by atoms with Crippen LogP contribution in [-0.4, -0.2) is 36.5 Å². The van der Waals surface area contributed by atoms with Crippen molar-refractivity contribution in [3.05, 3.63) is 41.4 Å². The Bertz CT molecular complexity index is 1000. The Hall–Kier alpha value is -1.50. The van der Waals surface area contributed by atoms with Crippen LogP contribution in [0.2, 0.25) is 5.02 Å². The number of hydrogen-bond acceptors (Lipinski definition) is 4. The molecule has 0 spiro atoms. The predicted molar refractivity (Wildman–Crippen MR) is 131 cm³/mol. The molecule has 3 aromatic rings. The molecule has 5 nitrogen and oxygen atoms in total. The number of ether oxygens (including phenoxy) is 1. The van der Waals surface area contributed by atoms with E-state index < -0.39 is 0 Å². The van der Waals surface area contributed by atoms with E-state index in [1.807, 2.05) is 31.2 Å². The van der Waals surface area contributed by atoms with Gasteiger partial charge in [-0.2, -0.15) is 0 Å². The molecule has 1 atom stereocenters. The molecule has 0 aliphatic heterocycles. The molecule has 1 unspecified atom stereocenters. The van der Waals surface area contributed by atoms with Crippen molar-refractivity contribution in [1.82, 2.24) is 10.3 Å². The van der Waals surface area contributed by atoms with Crippen LogP contribution in [-0.2, 0) is 4.79 Å². The molecular formula is C21H25Cl4N3O2. The first-order chi connectivity index (χ1) is 13.5. The van der Waals surface area contributed by atoms with E-state index in [2.05, 4.69) is 15.6 Å². The summed E-state index contributed by atoms with van der Waals surface area (Å²) >= 11 is 12.2. The largest absolute Gasteiger partial charge is 0.497 e. The summed E-state index contributed by atoms with van der Waals surface area (Å²) in [7, 11) is 1.61. The Balaban J connectivity index is 0.00000225. The molecule has 30 heavy (non-hydrogen) atoms. The summed E-state index contributed by atoms with van der Waals surface area (Å²) in [6, 6.07) is 11.1. The maximum Gasteiger partial charge on any atom is 0.225 e. The molecule has 9 heteroatoms. The molecular weight excluding hydrogens is 468 g/mol. The average molecular weight is 493 g/mol. The Morgan fingerprint density at radius 1 is 1.13 bits per heavy atom. The van der Waals surface area contributed by atoms with Crippen molar-refractivity contribution in [2.45, 2.75) is 25.1 Å². The number of hydrogen-bond donors (Lipinski definition) is 2. The van der Waals surface area contributed by atoms with Crippen LogP contribution in [0.4, 0.5) is 5.69 Å². The maximum absolute atomic E-state index is 12.6. The van der Waals surface area contributed by atoms with Crippen molar-refractivity contribution in [3.8, 4) is 5.75 Å². The molecule has 0 radical (unpaired) electrons. The second-order valence-electron chi connectivity index (χ2n) is 6.54. The van der Waals surface area contributed by atoms with Crippen LogP contribution in [0.1, 0.15) is 19.8 Å². The zero-order valence-electron chi connectivity index (χ0n) is 16.7. The third-order valence-corrected chi connectivity index (χ3v) is 5.24. The Morgan fingerprint density at radius 2 is 1.90 bits per heavy atom. The lowest BCUT2D eigenvalue weighted by Gasteiger charge is -2.14. The summed E-state index contributed by atoms with van der Waals surface area (Å²) in [5.41, 5.74) is 2.20. The molecule has 2 N–H and O–H groups in total. The number of alkyl halides is 1. The Labute approximate surface area is 198 Å². The topological polar surface area (TPSA) is 63.2 Å². The number of methoxy groups -OCH3 is 1. The standard InChI is InChI=1S/C21H23Cl2N3O2.2ClH/c1-3-13(22)12-24-9-8-20(27)26-21-16-6-4-14(23)10-19(16)25-18-7-5-15(28-2)11-17(18)21;;/h4-7,10-11,13,24H,3,8-9,12H2,1-2H3,(H,25,26,27);2*1H. The SMILES string of the molecule is CCC(Cl)CNCCC(=O)Nc1c2ccc(Cl)cc2nc2ccc(OC)cc12.Cl.Cl. The molecule has 0 saturated carbocycles. The van der Waals surface area contributed by atoms with Gasteiger partial charge in [0.05, 0.1) is 23.8 Å². The number of carbonyl (C=O) groups excluding carboxylic acids is 1. The molecule has 3 rings (SSSR count). The highest BCUT2D eigenvalue weighted by Crippen LogP contribution is 2.34. The first kappa shape index (κ1) is 26.5. The van der Waals surface area contributed by atoms with Crippen molar-refractivity contribution in [3.63, 3.8) is 0 Å². The number of nitrogens with one attached hydrogen (secondary N) is 2. The minimum Gasteiger partial charge on any atom is -0.497 e. The van der Waals surface area contributed by atoms with Crippen LogP contribution in [0.25, 0.3) is 21.8 Å². The number of benzene rings is 2. The van der Waals surface area contributed by atoms with Gasteiger partial charge in [-0.3, -0.25) is 4.79 Å². The van der Waals surface area contributed by atoms with E-state index in [0.717, 1.165) is 28.2 Å². The molecule has 1 aromatic heterocycles. The van der Waals surface area contributed by atoms with E-state index in [0.29, 0.717) is 36.0 Å². The number of rotatable bonds is 8. The van der Waals surface area contributed by atoms with Gasteiger partial charge in [-0.1, -0.05) is 18.5 Å². The fourth-order valence-corrected chi connectivity index (χ4v) is 3.24. The van der Waals surface area contributed by atoms with E-state index >= 15 is 0 Å². The summed E-state index contributed by atoms with van der Waals surface area (Å²) < 4.78 is 5.34. The summed E-state index contributed by atoms with van der Waals surface area (Å²) in [6.07, 6.45) is 1.23. The zero-order chi connectivity index (χ0) is 20.1. The third kappa shape index (κ3) is 6.50. The highest BCUT2D eigenvalue weighted by atomic mass is 35.5. The highest BCUT2D eigenvalue weighted by Gasteiger charge is 2.13. The van der Waals surface area contributed by atoms with Crippen LogP contribution in [0.5, 0.6) is 5.75 Å². The van der Waals surface area contributed by atoms with Crippen LogP contribution < -0.4 is 15.4 Å². The molecule has 0 aliphatic carbocycles. The molecule has 2 aromatic carbocycles. The lowest BCUT2D eigenvalue weighted by atomic mass is 10.1. The summed E-state index contributed by atoms with van der Waals surface area (Å²) in [4.78, 5) is 17.2. The minimum atomic E-state index is -0.0818. The van der Waals surface area contributed by atoms with E-state index in [4.69, 9.17) is 27.9 Å². The monoisotopic (exact) mass is 491 g/mol. The van der Waals surface area contributed by atoms with Gasteiger partial charge >= 0.3 is 0 Å². The molecule has 0 bridgehead atoms. The second-order valence-corrected chi connectivity index (χ2v) is 7.59. The highest BCUT2D eigenvalue weighted by molar-refractivity contribution is 6.31. The van der Waals surface area contributed by atoms with Gasteiger partial charge in [-0.15, -0.1) is 36.4 Å². The van der Waals surface area contributed by atoms with Crippen molar-refractivity contribution in [1.29, 1.82) is 0 Å². The van der Waals surface area contributed by atoms with Gasteiger partial charge < -0.3 is 15.4 Å². The number of halogens is 4. The fraction of sp³-hybridized carbons (Fsp3) is 0.333. The molecule has 0 fully saturated rings. The van der Waals surface area contributed by atoms with E-state index in [1.54, 1.807) is 19.2 Å². The van der Waals surface area contributed by atoms with Gasteiger partial charge in [0.2, 0.25) is 5.91 Å². The van der Waals surface area contributed by atoms with Gasteiger partial charge in [-0.05, 0) is 42.8 Å². The van der Waals surface area contributed by atoms with Crippen LogP contribution in [0, 0.1) is 0 Å². The number of amides is 1. The third-order valence-electron chi connectivity index (χ3n) is 4.55. The van der Waals surface area contributed by atoms with E-state index in [1.165, 1.54) is 0 Å². The van der Waals surface area contributed by atoms with Crippen LogP contribution in [0.15, 0.2) is 36.4 Å². The Morgan fingerprint density at radius 3 is 2.60 bits per heavy atom. The Kier molecular flexibility index (Phi) is 10.9. The summed E-state index contributed by atoms with van der Waals surface area (Å²) in [5, 5.41) is 8.59. The molecule has 0 aliphatic rings. The number of fused-ring (bicyclic) bond motifs is 2. The molecule has 164 valence electrons. The number of carbonyl (C=O) groups is 1. The van der Waals surface area contributed by atoms with Gasteiger partial charge in [0.1, 0.15) is 5.75 Å². The quantitative estimate of drug-likeness (QED) is 0.236. The number of anilines is 1. The smallest absolute Gasteiger partial charge is 0.225 e. The summed E-state index contributed by atoms with van der Waals surface area (Å²) in [6.45, 7) is 3.28. The number of nitrogens with zero attached hydrogens (tertiary/aromatic N) is 1. The van der Waals surface area contributed by atoms with Gasteiger partial charge in [0, 0.05) is 40.7 Å². The number of aromatic nitrogens is 1. The van der Waals surface area contributed by atoms with Crippen molar-refractivity contribution in [2.24, 2.45) is 0 Å². The first-order valence-electron chi connectivity index (χ1n) is 9.23. The van der Waals surface area contributed by atoms with Gasteiger partial charge in [0.15, 0.2) is 0 Å². The minimum absolute atomic E-state index is 0. The first-order valence-corrected chi connectivity index (χ1v) is 10.0. The number of pyridine rings is 1. The zero-order valence-corrected chi connectivity index (χ0v) is 19.9. The predicted octanol–water partition coefficient (Wildman–Crippen LogP) is 5.83. The molecule has 1 amide bonds. The lowest BCUT2D eigenvalue weighted by molar-refractivity contribution is -0.116. The lowest BCUT2D eigenvalue weighted by Crippen LogP contribution is -2.27. The van der Waals surface area contributed by atoms with Crippen molar-refractivity contribution in [2.75, 3.05) is 25.5 Å². The van der Waals surface area contributed by atoms with Gasteiger partial charge in [0.25, 0.3) is 0 Å². The molecule has 1 heterocycles. The van der Waals surface area contributed by atoms with Crippen LogP contribution >= 0.6 is 48.0 Å². The van der Waals surface area contributed by atoms with E-state index in [9.17, 15) is 4.79 Å². The van der Waals surface area contributed by atoms with Crippen molar-refractivity contribution < 1.29 is 9.53 Å². The van der Waals surface area contributed by atoms with Crippen LogP contribution in [0.3, 0.4) is 0 Å². The maximum atomic E-state index is 12.6. The van der Waals surface area contributed by atoms with Gasteiger partial charge in [-0.25, -0.2) is 4.98 Å². The summed E-state index contributed by atoms with van der Waals surface area (Å²) in [5.74, 6) is 0.620. The van der Waals surface area contributed by atoms with E-state index in [-0.39, 0.29) is 36.1 Å². The second kappa shape index (κ2) is 12.4. The average Bonchev–Trinajstić information content (AvgIpc) is 2.70. The normalized spacial score (nSPS) is 11.5. The fourth-order valence-electron chi connectivity index (χ4n) is 2.96. The molecule has 0 saturated heterocycles. The van der Waals surface area contributed by atoms with Crippen molar-refractivity contribution >= 4 is 81.4 Å².